The molecular weight excluding hydrogens is 324 g/mol. The number of morpholine rings is 1. The fourth-order valence-electron chi connectivity index (χ4n) is 4.13. The second kappa shape index (κ2) is 6.67. The maximum absolute atomic E-state index is 6.05. The van der Waals surface area contributed by atoms with Gasteiger partial charge in [-0.15, -0.1) is 10.2 Å². The summed E-state index contributed by atoms with van der Waals surface area (Å²) in [5.41, 5.74) is 4.17. The minimum atomic E-state index is 0.230. The van der Waals surface area contributed by atoms with Gasteiger partial charge in [-0.2, -0.15) is 0 Å². The molecule has 2 atom stereocenters. The lowest BCUT2D eigenvalue weighted by molar-refractivity contribution is -0.00897. The zero-order chi connectivity index (χ0) is 17.3. The Morgan fingerprint density at radius 2 is 1.85 bits per heavy atom. The highest BCUT2D eigenvalue weighted by Crippen LogP contribution is 2.36. The summed E-state index contributed by atoms with van der Waals surface area (Å²) in [6.45, 7) is 3.62. The summed E-state index contributed by atoms with van der Waals surface area (Å²) in [6, 6.07) is 19.1. The number of hydrogen-bond donors (Lipinski definition) is 1. The number of anilines is 1. The molecule has 1 aromatic heterocycles. The molecule has 2 fully saturated rings. The highest BCUT2D eigenvalue weighted by Gasteiger charge is 2.33. The second-order valence-corrected chi connectivity index (χ2v) is 6.98. The van der Waals surface area contributed by atoms with Crippen LogP contribution in [0, 0.1) is 0 Å². The zero-order valence-electron chi connectivity index (χ0n) is 14.6. The van der Waals surface area contributed by atoms with Crippen LogP contribution in [-0.2, 0) is 4.74 Å². The van der Waals surface area contributed by atoms with Crippen molar-refractivity contribution >= 4 is 16.6 Å². The first-order valence-electron chi connectivity index (χ1n) is 9.31. The van der Waals surface area contributed by atoms with E-state index in [1.54, 1.807) is 0 Å². The lowest BCUT2D eigenvalue weighted by atomic mass is 9.98. The number of ether oxygens (including phenoxy) is 1. The second-order valence-electron chi connectivity index (χ2n) is 6.98. The van der Waals surface area contributed by atoms with Gasteiger partial charge in [0, 0.05) is 36.6 Å². The van der Waals surface area contributed by atoms with Crippen molar-refractivity contribution in [3.05, 3.63) is 54.6 Å². The number of nitrogens with zero attached hydrogens (tertiary/aromatic N) is 3. The molecule has 2 aliphatic heterocycles. The molecule has 0 radical (unpaired) electrons. The summed E-state index contributed by atoms with van der Waals surface area (Å²) in [5.74, 6) is 0. The van der Waals surface area contributed by atoms with Gasteiger partial charge < -0.3 is 15.0 Å². The van der Waals surface area contributed by atoms with E-state index in [0.717, 1.165) is 54.8 Å². The molecule has 0 spiro atoms. The molecule has 3 heterocycles. The van der Waals surface area contributed by atoms with Gasteiger partial charge in [0.1, 0.15) is 5.69 Å². The number of hydrogen-bond acceptors (Lipinski definition) is 5. The Morgan fingerprint density at radius 1 is 1.00 bits per heavy atom. The molecule has 0 aliphatic carbocycles. The number of aromatic nitrogens is 2. The van der Waals surface area contributed by atoms with E-state index in [9.17, 15) is 0 Å². The van der Waals surface area contributed by atoms with Crippen LogP contribution in [0.15, 0.2) is 54.6 Å². The molecule has 2 saturated heterocycles. The van der Waals surface area contributed by atoms with Crippen LogP contribution < -0.4 is 10.2 Å². The van der Waals surface area contributed by atoms with Crippen LogP contribution in [0.5, 0.6) is 0 Å². The van der Waals surface area contributed by atoms with Gasteiger partial charge in [-0.3, -0.25) is 0 Å². The topological polar surface area (TPSA) is 50.3 Å². The van der Waals surface area contributed by atoms with Crippen LogP contribution in [-0.4, -0.2) is 48.6 Å². The number of piperidine rings is 1. The Kier molecular flexibility index (Phi) is 4.03. The molecule has 0 amide bonds. The first-order valence-corrected chi connectivity index (χ1v) is 9.31. The molecule has 2 aromatic carbocycles. The highest BCUT2D eigenvalue weighted by atomic mass is 16.5. The molecule has 0 saturated carbocycles. The van der Waals surface area contributed by atoms with Crippen molar-refractivity contribution in [3.63, 3.8) is 0 Å². The summed E-state index contributed by atoms with van der Waals surface area (Å²) in [7, 11) is 0. The van der Waals surface area contributed by atoms with E-state index in [2.05, 4.69) is 56.8 Å². The van der Waals surface area contributed by atoms with Gasteiger partial charge in [-0.05, 0) is 12.5 Å². The van der Waals surface area contributed by atoms with Crippen molar-refractivity contribution in [2.75, 3.05) is 31.1 Å². The van der Waals surface area contributed by atoms with Crippen LogP contribution >= 0.6 is 0 Å². The standard InChI is InChI=1S/C21H22N4O/c1-2-6-15(7-3-1)20-21(16-8-4-5-9-17(16)23-24-20)25-12-10-18-19(14-25)26-13-11-22-18/h1-9,18-19,22H,10-14H2. The zero-order valence-corrected chi connectivity index (χ0v) is 14.6. The van der Waals surface area contributed by atoms with E-state index in [-0.39, 0.29) is 6.10 Å². The van der Waals surface area contributed by atoms with Gasteiger partial charge in [0.25, 0.3) is 0 Å². The molecule has 2 unspecified atom stereocenters. The first kappa shape index (κ1) is 15.7. The van der Waals surface area contributed by atoms with E-state index in [1.807, 2.05) is 18.2 Å². The van der Waals surface area contributed by atoms with Gasteiger partial charge in [0.05, 0.1) is 23.9 Å². The molecule has 5 rings (SSSR count). The third kappa shape index (κ3) is 2.73. The summed E-state index contributed by atoms with van der Waals surface area (Å²) in [6.07, 6.45) is 1.31. The van der Waals surface area contributed by atoms with Crippen molar-refractivity contribution in [3.8, 4) is 11.3 Å². The Morgan fingerprint density at radius 3 is 2.77 bits per heavy atom. The van der Waals surface area contributed by atoms with Crippen LogP contribution in [0.3, 0.4) is 0 Å². The SMILES string of the molecule is c1ccc(-c2nnc3ccccc3c2N2CCC3NCCOC3C2)cc1. The van der Waals surface area contributed by atoms with Crippen molar-refractivity contribution in [2.24, 2.45) is 0 Å². The summed E-state index contributed by atoms with van der Waals surface area (Å²) >= 11 is 0. The number of benzene rings is 2. The Balaban J connectivity index is 1.63. The van der Waals surface area contributed by atoms with Gasteiger partial charge >= 0.3 is 0 Å². The predicted octanol–water partition coefficient (Wildman–Crippen LogP) is 2.86. The fraction of sp³-hybridized carbons (Fsp3) is 0.333. The van der Waals surface area contributed by atoms with E-state index in [0.29, 0.717) is 6.04 Å². The van der Waals surface area contributed by atoms with Gasteiger partial charge in [0.15, 0.2) is 0 Å². The molecule has 1 N–H and O–H groups in total. The van der Waals surface area contributed by atoms with Crippen LogP contribution in [0.1, 0.15) is 6.42 Å². The van der Waals surface area contributed by atoms with Crippen molar-refractivity contribution in [1.29, 1.82) is 0 Å². The van der Waals surface area contributed by atoms with Gasteiger partial charge in [-0.25, -0.2) is 0 Å². The Bertz CT molecular complexity index is 914. The Labute approximate surface area is 153 Å². The van der Waals surface area contributed by atoms with Crippen LogP contribution in [0.4, 0.5) is 5.69 Å². The maximum Gasteiger partial charge on any atom is 0.117 e. The van der Waals surface area contributed by atoms with E-state index < -0.39 is 0 Å². The molecule has 3 aromatic rings. The minimum Gasteiger partial charge on any atom is -0.373 e. The molecule has 2 aliphatic rings. The summed E-state index contributed by atoms with van der Waals surface area (Å²) in [5, 5.41) is 13.8. The van der Waals surface area contributed by atoms with Crippen molar-refractivity contribution in [2.45, 2.75) is 18.6 Å². The average molecular weight is 346 g/mol. The van der Waals surface area contributed by atoms with Crippen LogP contribution in [0.2, 0.25) is 0 Å². The number of rotatable bonds is 2. The molecule has 5 nitrogen and oxygen atoms in total. The van der Waals surface area contributed by atoms with Crippen molar-refractivity contribution < 1.29 is 4.74 Å². The summed E-state index contributed by atoms with van der Waals surface area (Å²) in [4.78, 5) is 2.44. The van der Waals surface area contributed by atoms with E-state index in [4.69, 9.17) is 4.74 Å². The normalized spacial score (nSPS) is 23.0. The van der Waals surface area contributed by atoms with Gasteiger partial charge in [0.2, 0.25) is 0 Å². The molecule has 26 heavy (non-hydrogen) atoms. The molecule has 5 heteroatoms. The van der Waals surface area contributed by atoms with E-state index in [1.165, 1.54) is 5.69 Å². The minimum absolute atomic E-state index is 0.230. The quantitative estimate of drug-likeness (QED) is 0.773. The Hall–Kier alpha value is -2.50. The fourth-order valence-corrected chi connectivity index (χ4v) is 4.13. The average Bonchev–Trinajstić information content (AvgIpc) is 2.73. The van der Waals surface area contributed by atoms with Crippen molar-refractivity contribution in [1.82, 2.24) is 15.5 Å². The third-order valence-corrected chi connectivity index (χ3v) is 5.40. The van der Waals surface area contributed by atoms with Gasteiger partial charge in [-0.1, -0.05) is 48.5 Å². The van der Waals surface area contributed by atoms with E-state index >= 15 is 0 Å². The smallest absolute Gasteiger partial charge is 0.117 e. The predicted molar refractivity (Wildman–Crippen MR) is 103 cm³/mol. The third-order valence-electron chi connectivity index (χ3n) is 5.40. The number of fused-ring (bicyclic) bond motifs is 2. The highest BCUT2D eigenvalue weighted by molar-refractivity contribution is 5.98. The molecule has 132 valence electrons. The summed E-state index contributed by atoms with van der Waals surface area (Å²) < 4.78 is 6.05. The lowest BCUT2D eigenvalue weighted by Crippen LogP contribution is -2.57. The first-order chi connectivity index (χ1) is 12.9. The monoisotopic (exact) mass is 346 g/mol. The lowest BCUT2D eigenvalue weighted by Gasteiger charge is -2.43. The van der Waals surface area contributed by atoms with Crippen LogP contribution in [0.25, 0.3) is 22.2 Å². The number of nitrogens with one attached hydrogen (secondary N) is 1. The maximum atomic E-state index is 6.05. The largest absolute Gasteiger partial charge is 0.373 e. The molecular formula is C21H22N4O. The molecule has 0 bridgehead atoms.